The molecule has 1 aromatic carbocycles. The van der Waals surface area contributed by atoms with Crippen LogP contribution in [-0.4, -0.2) is 27.5 Å². The van der Waals surface area contributed by atoms with Crippen LogP contribution in [0.3, 0.4) is 0 Å². The van der Waals surface area contributed by atoms with Crippen molar-refractivity contribution < 1.29 is 9.41 Å². The van der Waals surface area contributed by atoms with Gasteiger partial charge in [0.05, 0.1) is 6.21 Å². The van der Waals surface area contributed by atoms with Crippen molar-refractivity contribution in [2.45, 2.75) is 0 Å². The van der Waals surface area contributed by atoms with E-state index < -0.39 is 7.05 Å². The monoisotopic (exact) mass is 240 g/mol. The lowest BCUT2D eigenvalue weighted by Gasteiger charge is -2.24. The van der Waals surface area contributed by atoms with Crippen molar-refractivity contribution in [3.8, 4) is 0 Å². The van der Waals surface area contributed by atoms with E-state index in [9.17, 15) is 9.41 Å². The number of benzene rings is 1. The first kappa shape index (κ1) is 10.6. The second-order valence-electron chi connectivity index (χ2n) is 3.02. The van der Waals surface area contributed by atoms with Crippen molar-refractivity contribution in [1.82, 2.24) is 4.92 Å². The molecule has 0 aliphatic carbocycles. The van der Waals surface area contributed by atoms with Crippen LogP contribution in [0.15, 0.2) is 23.3 Å². The first-order valence-electron chi connectivity index (χ1n) is 4.13. The fourth-order valence-corrected chi connectivity index (χ4v) is 1.67. The number of fused-ring (bicyclic) bond motifs is 1. The second-order valence-corrected chi connectivity index (χ2v) is 4.13. The Bertz CT molecular complexity index is 454. The summed E-state index contributed by atoms with van der Waals surface area (Å²) < 4.78 is 13.0. The summed E-state index contributed by atoms with van der Waals surface area (Å²) in [5.74, 6) is -0.366. The quantitative estimate of drug-likeness (QED) is 0.391. The zero-order valence-electron chi connectivity index (χ0n) is 7.46. The van der Waals surface area contributed by atoms with E-state index in [0.29, 0.717) is 11.0 Å². The predicted molar refractivity (Wildman–Crippen MR) is 65.0 cm³/mol. The smallest absolute Gasteiger partial charge is 0.427 e. The minimum atomic E-state index is -1.00. The molecule has 1 aliphatic rings. The summed E-state index contributed by atoms with van der Waals surface area (Å²) in [5.41, 5.74) is 1.10. The maximum atomic E-state index is 12.9. The summed E-state index contributed by atoms with van der Waals surface area (Å²) in [4.78, 5) is 1.18. The summed E-state index contributed by atoms with van der Waals surface area (Å²) in [6.45, 7) is 0. The Morgan fingerprint density at radius 3 is 3.00 bits per heavy atom. The molecule has 15 heavy (non-hydrogen) atoms. The molecule has 1 aliphatic heterocycles. The third-order valence-electron chi connectivity index (χ3n) is 2.08. The number of thiol groups is 1. The number of hydrogen-bond acceptors (Lipinski definition) is 3. The molecule has 0 radical (unpaired) electrons. The van der Waals surface area contributed by atoms with Gasteiger partial charge in [0.15, 0.2) is 0 Å². The molecule has 0 amide bonds. The van der Waals surface area contributed by atoms with Gasteiger partial charge in [0.1, 0.15) is 10.1 Å². The molecule has 0 saturated heterocycles. The molecule has 1 heterocycles. The fourth-order valence-electron chi connectivity index (χ4n) is 1.37. The highest BCUT2D eigenvalue weighted by Crippen LogP contribution is 2.09. The summed E-state index contributed by atoms with van der Waals surface area (Å²) in [7, 11) is -1.00. The van der Waals surface area contributed by atoms with Crippen molar-refractivity contribution in [3.05, 3.63) is 29.6 Å². The number of nitrogens with zero attached hydrogens (tertiary/aromatic N) is 2. The Morgan fingerprint density at radius 1 is 1.60 bits per heavy atom. The summed E-state index contributed by atoms with van der Waals surface area (Å²) in [6, 6.07) is 4.08. The highest BCUT2D eigenvalue weighted by Gasteiger charge is 2.30. The van der Waals surface area contributed by atoms with Gasteiger partial charge in [0.25, 0.3) is 0 Å². The van der Waals surface area contributed by atoms with Crippen LogP contribution < -0.4 is 5.46 Å². The molecule has 3 nitrogen and oxygen atoms in total. The lowest BCUT2D eigenvalue weighted by atomic mass is 9.70. The third-order valence-corrected chi connectivity index (χ3v) is 2.47. The lowest BCUT2D eigenvalue weighted by molar-refractivity contribution is 0.500. The second kappa shape index (κ2) is 3.92. The van der Waals surface area contributed by atoms with Gasteiger partial charge in [-0.25, -0.2) is 4.39 Å². The van der Waals surface area contributed by atoms with E-state index in [1.165, 1.54) is 29.3 Å². The van der Waals surface area contributed by atoms with Crippen LogP contribution in [-0.2, 0) is 0 Å². The van der Waals surface area contributed by atoms with Crippen molar-refractivity contribution >= 4 is 47.9 Å². The van der Waals surface area contributed by atoms with E-state index in [2.05, 4.69) is 17.7 Å². The van der Waals surface area contributed by atoms with Gasteiger partial charge in [0.2, 0.25) is 0 Å². The molecule has 1 aromatic rings. The highest BCUT2D eigenvalue weighted by atomic mass is 32.1. The fraction of sp³-hybridized carbons (Fsp3) is 0. The van der Waals surface area contributed by atoms with Gasteiger partial charge in [-0.3, -0.25) is 4.92 Å². The molecular formula is C8H6BFN2OS2. The van der Waals surface area contributed by atoms with Gasteiger partial charge in [0, 0.05) is 0 Å². The lowest BCUT2D eigenvalue weighted by Crippen LogP contribution is -2.50. The average Bonchev–Trinajstić information content (AvgIpc) is 2.17. The normalized spacial score (nSPS) is 14.1. The molecule has 0 saturated carbocycles. The predicted octanol–water partition coefficient (Wildman–Crippen LogP) is 0.377. The van der Waals surface area contributed by atoms with E-state index in [1.54, 1.807) is 0 Å². The molecule has 0 aromatic heterocycles. The van der Waals surface area contributed by atoms with Crippen LogP contribution in [0.2, 0.25) is 0 Å². The van der Waals surface area contributed by atoms with E-state index in [4.69, 9.17) is 12.2 Å². The van der Waals surface area contributed by atoms with Crippen LogP contribution in [0.25, 0.3) is 0 Å². The summed E-state index contributed by atoms with van der Waals surface area (Å²) in [5, 5.41) is 13.7. The Kier molecular flexibility index (Phi) is 2.77. The van der Waals surface area contributed by atoms with Gasteiger partial charge >= 0.3 is 7.05 Å². The van der Waals surface area contributed by atoms with Gasteiger partial charge in [-0.05, 0) is 23.2 Å². The molecular weight excluding hydrogens is 234 g/mol. The average molecular weight is 240 g/mol. The van der Waals surface area contributed by atoms with E-state index in [-0.39, 0.29) is 10.1 Å². The third kappa shape index (κ3) is 1.90. The van der Waals surface area contributed by atoms with Crippen LogP contribution in [0, 0.1) is 5.82 Å². The minimum Gasteiger partial charge on any atom is -0.427 e. The van der Waals surface area contributed by atoms with E-state index >= 15 is 0 Å². The van der Waals surface area contributed by atoms with Gasteiger partial charge in [-0.15, -0.1) is 12.6 Å². The molecule has 0 atom stereocenters. The molecule has 0 unspecified atom stereocenters. The summed E-state index contributed by atoms with van der Waals surface area (Å²) >= 11 is 8.71. The standard InChI is InChI=1S/C8H6BFN2OS2/c10-6-1-2-7-5(3-6)4-11-12(8(14)15)9(7)13/h1-4,13H,(H,14,15). The number of hydrazone groups is 1. The zero-order valence-corrected chi connectivity index (χ0v) is 9.17. The number of rotatable bonds is 0. The van der Waals surface area contributed by atoms with Crippen LogP contribution in [0.5, 0.6) is 0 Å². The Labute approximate surface area is 97.1 Å². The van der Waals surface area contributed by atoms with Crippen molar-refractivity contribution in [3.63, 3.8) is 0 Å². The molecule has 76 valence electrons. The molecule has 0 spiro atoms. The summed E-state index contributed by atoms with van der Waals surface area (Å²) in [6.07, 6.45) is 1.44. The first-order valence-corrected chi connectivity index (χ1v) is 4.99. The van der Waals surface area contributed by atoms with Gasteiger partial charge < -0.3 is 5.02 Å². The number of halogens is 1. The van der Waals surface area contributed by atoms with Gasteiger partial charge in [-0.1, -0.05) is 18.3 Å². The first-order chi connectivity index (χ1) is 7.09. The maximum Gasteiger partial charge on any atom is 0.472 e. The van der Waals surface area contributed by atoms with E-state index in [0.717, 1.165) is 0 Å². The molecule has 0 fully saturated rings. The maximum absolute atomic E-state index is 12.9. The molecule has 1 N–H and O–H groups in total. The van der Waals surface area contributed by atoms with Crippen molar-refractivity contribution in [2.24, 2.45) is 5.10 Å². The largest absolute Gasteiger partial charge is 0.472 e. The molecule has 0 bridgehead atoms. The Hall–Kier alpha value is -0.915. The number of hydrogen-bond donors (Lipinski definition) is 2. The highest BCUT2D eigenvalue weighted by molar-refractivity contribution is 8.11. The minimum absolute atomic E-state index is 0.161. The Morgan fingerprint density at radius 2 is 2.33 bits per heavy atom. The molecule has 7 heteroatoms. The number of thiocarbonyl (C=S) groups is 1. The zero-order chi connectivity index (χ0) is 11.0. The SMILES string of the molecule is OB1c2ccc(F)cc2C=NN1C(=S)S. The van der Waals surface area contributed by atoms with Crippen LogP contribution >= 0.6 is 24.8 Å². The van der Waals surface area contributed by atoms with Crippen molar-refractivity contribution in [1.29, 1.82) is 0 Å². The Balaban J connectivity index is 2.46. The van der Waals surface area contributed by atoms with Crippen LogP contribution in [0.4, 0.5) is 4.39 Å². The van der Waals surface area contributed by atoms with Crippen molar-refractivity contribution in [2.75, 3.05) is 0 Å². The van der Waals surface area contributed by atoms with Gasteiger partial charge in [-0.2, -0.15) is 5.10 Å². The van der Waals surface area contributed by atoms with Crippen LogP contribution in [0.1, 0.15) is 5.56 Å². The topological polar surface area (TPSA) is 35.8 Å². The molecule has 2 rings (SSSR count). The van der Waals surface area contributed by atoms with E-state index in [1.807, 2.05) is 0 Å².